The summed E-state index contributed by atoms with van der Waals surface area (Å²) in [5.41, 5.74) is 1.17. The van der Waals surface area contributed by atoms with Crippen LogP contribution >= 0.6 is 12.4 Å². The number of amides is 1. The Hall–Kier alpha value is -2.95. The number of benzene rings is 2. The Morgan fingerprint density at radius 1 is 1.13 bits per heavy atom. The molecule has 3 aromatic rings. The Balaban J connectivity index is 0.00000272. The Morgan fingerprint density at radius 3 is 2.45 bits per heavy atom. The maximum absolute atomic E-state index is 12.7. The third-order valence-electron chi connectivity index (χ3n) is 4.62. The van der Waals surface area contributed by atoms with Crippen molar-refractivity contribution < 1.29 is 22.7 Å². The number of aromatic nitrogens is 3. The van der Waals surface area contributed by atoms with Crippen molar-refractivity contribution in [3.8, 4) is 5.69 Å². The zero-order chi connectivity index (χ0) is 21.1. The number of morpholine rings is 1. The van der Waals surface area contributed by atoms with Gasteiger partial charge in [-0.15, -0.1) is 17.5 Å². The lowest BCUT2D eigenvalue weighted by molar-refractivity contribution is -0.137. The van der Waals surface area contributed by atoms with E-state index in [1.807, 2.05) is 12.1 Å². The van der Waals surface area contributed by atoms with Crippen LogP contribution in [0.15, 0.2) is 54.7 Å². The van der Waals surface area contributed by atoms with Gasteiger partial charge in [-0.25, -0.2) is 0 Å². The summed E-state index contributed by atoms with van der Waals surface area (Å²) in [4.78, 5) is 13.5. The number of ether oxygens (including phenoxy) is 1. The first kappa shape index (κ1) is 22.7. The average Bonchev–Trinajstić information content (AvgIpc) is 3.25. The molecule has 1 amide bonds. The van der Waals surface area contributed by atoms with Gasteiger partial charge < -0.3 is 15.4 Å². The first-order valence-electron chi connectivity index (χ1n) is 9.24. The molecule has 2 N–H and O–H groups in total. The second-order valence-electron chi connectivity index (χ2n) is 6.70. The molecule has 0 unspecified atom stereocenters. The van der Waals surface area contributed by atoms with E-state index in [0.29, 0.717) is 18.0 Å². The highest BCUT2D eigenvalue weighted by Crippen LogP contribution is 2.29. The molecule has 31 heavy (non-hydrogen) atoms. The highest BCUT2D eigenvalue weighted by Gasteiger charge is 2.30. The molecule has 164 valence electrons. The Bertz CT molecular complexity index is 1020. The van der Waals surface area contributed by atoms with Gasteiger partial charge >= 0.3 is 6.18 Å². The van der Waals surface area contributed by atoms with E-state index in [1.54, 1.807) is 12.1 Å². The SMILES string of the molecule is Cl.O=C(Nc1ccc([C@H]2CNCCO2)cc1)c1cnn(-c2ccc(C(F)(F)F)cc2)n1. The van der Waals surface area contributed by atoms with Crippen molar-refractivity contribution in [3.63, 3.8) is 0 Å². The molecule has 0 bridgehead atoms. The number of nitrogens with zero attached hydrogens (tertiary/aromatic N) is 3. The Labute approximate surface area is 182 Å². The third kappa shape index (κ3) is 5.40. The van der Waals surface area contributed by atoms with Crippen molar-refractivity contribution in [1.82, 2.24) is 20.3 Å². The van der Waals surface area contributed by atoms with E-state index >= 15 is 0 Å². The lowest BCUT2D eigenvalue weighted by Gasteiger charge is -2.24. The molecule has 1 aliphatic rings. The second-order valence-corrected chi connectivity index (χ2v) is 6.70. The summed E-state index contributed by atoms with van der Waals surface area (Å²) < 4.78 is 43.7. The van der Waals surface area contributed by atoms with Crippen LogP contribution in [0.5, 0.6) is 0 Å². The fourth-order valence-electron chi connectivity index (χ4n) is 3.03. The van der Waals surface area contributed by atoms with Crippen LogP contribution in [-0.2, 0) is 10.9 Å². The first-order valence-corrected chi connectivity index (χ1v) is 9.24. The summed E-state index contributed by atoms with van der Waals surface area (Å²) >= 11 is 0. The predicted molar refractivity (Wildman–Crippen MR) is 110 cm³/mol. The van der Waals surface area contributed by atoms with Crippen LogP contribution < -0.4 is 10.6 Å². The summed E-state index contributed by atoms with van der Waals surface area (Å²) in [6, 6.07) is 11.7. The summed E-state index contributed by atoms with van der Waals surface area (Å²) in [6.45, 7) is 2.22. The molecule has 0 aliphatic carbocycles. The molecule has 1 aromatic heterocycles. The molecular formula is C20H19ClF3N5O2. The molecule has 2 heterocycles. The average molecular weight is 454 g/mol. The molecule has 7 nitrogen and oxygen atoms in total. The van der Waals surface area contributed by atoms with Gasteiger partial charge in [0.1, 0.15) is 0 Å². The zero-order valence-electron chi connectivity index (χ0n) is 16.1. The van der Waals surface area contributed by atoms with Gasteiger partial charge in [-0.05, 0) is 42.0 Å². The highest BCUT2D eigenvalue weighted by molar-refractivity contribution is 6.02. The van der Waals surface area contributed by atoms with Crippen LogP contribution in [0.4, 0.5) is 18.9 Å². The van der Waals surface area contributed by atoms with Crippen LogP contribution in [0.3, 0.4) is 0 Å². The van der Waals surface area contributed by atoms with Gasteiger partial charge in [0.15, 0.2) is 5.69 Å². The van der Waals surface area contributed by atoms with Crippen molar-refractivity contribution >= 4 is 24.0 Å². The molecule has 1 aliphatic heterocycles. The molecule has 11 heteroatoms. The number of carbonyl (C=O) groups excluding carboxylic acids is 1. The van der Waals surface area contributed by atoms with E-state index in [4.69, 9.17) is 4.74 Å². The number of alkyl halides is 3. The number of hydrogen-bond donors (Lipinski definition) is 2. The largest absolute Gasteiger partial charge is 0.416 e. The van der Waals surface area contributed by atoms with Gasteiger partial charge in [0.25, 0.3) is 5.91 Å². The van der Waals surface area contributed by atoms with Gasteiger partial charge in [-0.1, -0.05) is 12.1 Å². The van der Waals surface area contributed by atoms with E-state index in [-0.39, 0.29) is 24.2 Å². The maximum atomic E-state index is 12.7. The maximum Gasteiger partial charge on any atom is 0.416 e. The van der Waals surface area contributed by atoms with Crippen LogP contribution in [-0.4, -0.2) is 40.6 Å². The smallest absolute Gasteiger partial charge is 0.371 e. The Kier molecular flexibility index (Phi) is 6.94. The number of nitrogens with one attached hydrogen (secondary N) is 2. The van der Waals surface area contributed by atoms with Crippen LogP contribution in [0.2, 0.25) is 0 Å². The minimum absolute atomic E-state index is 0. The standard InChI is InChI=1S/C20H18F3N5O2.ClH/c21-20(22,23)14-3-7-16(8-4-14)28-25-11-17(27-28)19(29)26-15-5-1-13(2-6-15)18-12-24-9-10-30-18;/h1-8,11,18,24H,9-10,12H2,(H,26,29);1H/t18-;/m1./s1. The summed E-state index contributed by atoms with van der Waals surface area (Å²) in [7, 11) is 0. The molecule has 1 saturated heterocycles. The minimum atomic E-state index is -4.42. The number of halogens is 4. The lowest BCUT2D eigenvalue weighted by Crippen LogP contribution is -2.33. The zero-order valence-corrected chi connectivity index (χ0v) is 16.9. The monoisotopic (exact) mass is 453 g/mol. The molecule has 0 radical (unpaired) electrons. The van der Waals surface area contributed by atoms with Crippen molar-refractivity contribution in [2.24, 2.45) is 0 Å². The van der Waals surface area contributed by atoms with E-state index < -0.39 is 17.6 Å². The van der Waals surface area contributed by atoms with Crippen LogP contribution in [0, 0.1) is 0 Å². The third-order valence-corrected chi connectivity index (χ3v) is 4.62. The molecule has 4 rings (SSSR count). The van der Waals surface area contributed by atoms with Crippen molar-refractivity contribution in [2.45, 2.75) is 12.3 Å². The highest BCUT2D eigenvalue weighted by atomic mass is 35.5. The number of carbonyl (C=O) groups is 1. The van der Waals surface area contributed by atoms with E-state index in [2.05, 4.69) is 20.8 Å². The fourth-order valence-corrected chi connectivity index (χ4v) is 3.03. The Morgan fingerprint density at radius 2 is 1.84 bits per heavy atom. The van der Waals surface area contributed by atoms with Crippen molar-refractivity contribution in [3.05, 3.63) is 71.5 Å². The van der Waals surface area contributed by atoms with Gasteiger partial charge in [-0.2, -0.15) is 23.1 Å². The number of rotatable bonds is 4. The van der Waals surface area contributed by atoms with Gasteiger partial charge in [0, 0.05) is 18.8 Å². The first-order chi connectivity index (χ1) is 14.4. The van der Waals surface area contributed by atoms with E-state index in [1.165, 1.54) is 18.3 Å². The van der Waals surface area contributed by atoms with Crippen LogP contribution in [0.25, 0.3) is 5.69 Å². The summed E-state index contributed by atoms with van der Waals surface area (Å²) in [5.74, 6) is -0.475. The van der Waals surface area contributed by atoms with Gasteiger partial charge in [-0.3, -0.25) is 4.79 Å². The molecule has 0 spiro atoms. The lowest BCUT2D eigenvalue weighted by atomic mass is 10.1. The molecule has 1 atom stereocenters. The molecule has 1 fully saturated rings. The van der Waals surface area contributed by atoms with Gasteiger partial charge in [0.2, 0.25) is 0 Å². The van der Waals surface area contributed by atoms with Crippen molar-refractivity contribution in [2.75, 3.05) is 25.0 Å². The topological polar surface area (TPSA) is 81.1 Å². The number of anilines is 1. The summed E-state index contributed by atoms with van der Waals surface area (Å²) in [5, 5.41) is 14.0. The normalized spacial score (nSPS) is 16.4. The quantitative estimate of drug-likeness (QED) is 0.630. The molecule has 0 saturated carbocycles. The molecule has 2 aromatic carbocycles. The minimum Gasteiger partial charge on any atom is -0.371 e. The van der Waals surface area contributed by atoms with Crippen LogP contribution in [0.1, 0.15) is 27.7 Å². The second kappa shape index (κ2) is 9.46. The van der Waals surface area contributed by atoms with Crippen molar-refractivity contribution in [1.29, 1.82) is 0 Å². The van der Waals surface area contributed by atoms with E-state index in [9.17, 15) is 18.0 Å². The fraction of sp³-hybridized carbons (Fsp3) is 0.250. The van der Waals surface area contributed by atoms with Gasteiger partial charge in [0.05, 0.1) is 30.2 Å². The van der Waals surface area contributed by atoms with E-state index in [0.717, 1.165) is 35.6 Å². The molecular weight excluding hydrogens is 435 g/mol. The number of hydrogen-bond acceptors (Lipinski definition) is 5. The predicted octanol–water partition coefficient (Wildman–Crippen LogP) is 3.62. The summed E-state index contributed by atoms with van der Waals surface area (Å²) in [6.07, 6.45) is -3.19.